The Morgan fingerprint density at radius 1 is 1.11 bits per heavy atom. The van der Waals surface area contributed by atoms with Crippen molar-refractivity contribution in [3.05, 3.63) is 69.8 Å². The lowest BCUT2D eigenvalue weighted by Gasteiger charge is -2.17. The Hall–Kier alpha value is -3.42. The van der Waals surface area contributed by atoms with E-state index in [-0.39, 0.29) is 11.3 Å². The fraction of sp³-hybridized carbons (Fsp3) is 0.300. The zero-order valence-electron chi connectivity index (χ0n) is 15.3. The average molecular weight is 383 g/mol. The van der Waals surface area contributed by atoms with Crippen molar-refractivity contribution >= 4 is 23.3 Å². The SMILES string of the molecule is O=C(COC(=O)c1ccc(N2CCCC2)c([N+](=O)[O-])c1)NCc1ccccc1. The van der Waals surface area contributed by atoms with Gasteiger partial charge in [-0.2, -0.15) is 0 Å². The van der Waals surface area contributed by atoms with Crippen LogP contribution in [0.4, 0.5) is 11.4 Å². The second-order valence-electron chi connectivity index (χ2n) is 6.49. The van der Waals surface area contributed by atoms with Crippen molar-refractivity contribution in [3.8, 4) is 0 Å². The number of hydrogen-bond acceptors (Lipinski definition) is 6. The molecule has 0 bridgehead atoms. The van der Waals surface area contributed by atoms with Gasteiger partial charge in [0.15, 0.2) is 6.61 Å². The second-order valence-corrected chi connectivity index (χ2v) is 6.49. The maximum Gasteiger partial charge on any atom is 0.338 e. The van der Waals surface area contributed by atoms with E-state index in [9.17, 15) is 19.7 Å². The number of carbonyl (C=O) groups excluding carboxylic acids is 2. The molecule has 1 amide bonds. The molecule has 1 saturated heterocycles. The number of nitrogens with one attached hydrogen (secondary N) is 1. The van der Waals surface area contributed by atoms with Crippen LogP contribution >= 0.6 is 0 Å². The number of ether oxygens (including phenoxy) is 1. The Balaban J connectivity index is 1.58. The molecular weight excluding hydrogens is 362 g/mol. The molecule has 0 aromatic heterocycles. The number of nitrogens with zero attached hydrogens (tertiary/aromatic N) is 2. The molecule has 1 aliphatic heterocycles. The van der Waals surface area contributed by atoms with E-state index in [1.165, 1.54) is 12.1 Å². The van der Waals surface area contributed by atoms with Crippen LogP contribution in [0.3, 0.4) is 0 Å². The van der Waals surface area contributed by atoms with Gasteiger partial charge < -0.3 is 15.0 Å². The molecule has 0 spiro atoms. The van der Waals surface area contributed by atoms with Crippen LogP contribution in [-0.4, -0.2) is 36.5 Å². The Kier molecular flexibility index (Phi) is 6.21. The van der Waals surface area contributed by atoms with E-state index in [0.717, 1.165) is 31.5 Å². The van der Waals surface area contributed by atoms with Crippen molar-refractivity contribution in [3.63, 3.8) is 0 Å². The lowest BCUT2D eigenvalue weighted by Crippen LogP contribution is -2.28. The van der Waals surface area contributed by atoms with Gasteiger partial charge in [-0.1, -0.05) is 30.3 Å². The largest absolute Gasteiger partial charge is 0.452 e. The molecule has 8 heteroatoms. The summed E-state index contributed by atoms with van der Waals surface area (Å²) >= 11 is 0. The van der Waals surface area contributed by atoms with Gasteiger partial charge in [-0.25, -0.2) is 4.79 Å². The summed E-state index contributed by atoms with van der Waals surface area (Å²) in [6, 6.07) is 13.6. The molecular formula is C20H21N3O5. The highest BCUT2D eigenvalue weighted by molar-refractivity contribution is 5.93. The molecule has 1 fully saturated rings. The summed E-state index contributed by atoms with van der Waals surface area (Å²) < 4.78 is 4.99. The number of esters is 1. The quantitative estimate of drug-likeness (QED) is 0.448. The Morgan fingerprint density at radius 2 is 1.82 bits per heavy atom. The predicted octanol–water partition coefficient (Wildman–Crippen LogP) is 2.67. The molecule has 1 aliphatic rings. The molecule has 28 heavy (non-hydrogen) atoms. The van der Waals surface area contributed by atoms with Crippen LogP contribution in [0.2, 0.25) is 0 Å². The monoisotopic (exact) mass is 383 g/mol. The lowest BCUT2D eigenvalue weighted by molar-refractivity contribution is -0.384. The molecule has 8 nitrogen and oxygen atoms in total. The highest BCUT2D eigenvalue weighted by Crippen LogP contribution is 2.31. The smallest absolute Gasteiger partial charge is 0.338 e. The van der Waals surface area contributed by atoms with E-state index in [1.54, 1.807) is 6.07 Å². The third-order valence-corrected chi connectivity index (χ3v) is 4.52. The van der Waals surface area contributed by atoms with Crippen molar-refractivity contribution in [1.82, 2.24) is 5.32 Å². The van der Waals surface area contributed by atoms with E-state index in [0.29, 0.717) is 12.2 Å². The number of nitro groups is 1. The summed E-state index contributed by atoms with van der Waals surface area (Å²) in [6.07, 6.45) is 1.97. The molecule has 0 radical (unpaired) electrons. The number of rotatable bonds is 7. The highest BCUT2D eigenvalue weighted by Gasteiger charge is 2.24. The van der Waals surface area contributed by atoms with E-state index in [4.69, 9.17) is 4.74 Å². The Morgan fingerprint density at radius 3 is 2.50 bits per heavy atom. The molecule has 0 aliphatic carbocycles. The van der Waals surface area contributed by atoms with Crippen LogP contribution in [0, 0.1) is 10.1 Å². The van der Waals surface area contributed by atoms with Crippen molar-refractivity contribution in [2.75, 3.05) is 24.6 Å². The van der Waals surface area contributed by atoms with Crippen molar-refractivity contribution < 1.29 is 19.2 Å². The van der Waals surface area contributed by atoms with E-state index in [2.05, 4.69) is 5.32 Å². The molecule has 1 heterocycles. The maximum atomic E-state index is 12.2. The minimum absolute atomic E-state index is 0.0468. The zero-order chi connectivity index (χ0) is 19.9. The third kappa shape index (κ3) is 4.85. The molecule has 2 aromatic carbocycles. The number of benzene rings is 2. The first-order valence-corrected chi connectivity index (χ1v) is 9.06. The topological polar surface area (TPSA) is 102 Å². The van der Waals surface area contributed by atoms with Crippen LogP contribution in [0.25, 0.3) is 0 Å². The van der Waals surface area contributed by atoms with Gasteiger partial charge in [0.25, 0.3) is 11.6 Å². The van der Waals surface area contributed by atoms with Gasteiger partial charge in [-0.3, -0.25) is 14.9 Å². The van der Waals surface area contributed by atoms with Crippen molar-refractivity contribution in [1.29, 1.82) is 0 Å². The highest BCUT2D eigenvalue weighted by atomic mass is 16.6. The summed E-state index contributed by atoms with van der Waals surface area (Å²) in [5.74, 6) is -1.22. The summed E-state index contributed by atoms with van der Waals surface area (Å²) in [5.41, 5.74) is 1.34. The van der Waals surface area contributed by atoms with E-state index < -0.39 is 23.4 Å². The standard InChI is InChI=1S/C20H21N3O5/c24-19(21-13-15-6-2-1-3-7-15)14-28-20(25)16-8-9-17(18(12-16)23(26)27)22-10-4-5-11-22/h1-3,6-9,12H,4-5,10-11,13-14H2,(H,21,24). The minimum atomic E-state index is -0.772. The first kappa shape index (κ1) is 19.3. The number of hydrogen-bond donors (Lipinski definition) is 1. The molecule has 2 aromatic rings. The summed E-state index contributed by atoms with van der Waals surface area (Å²) in [4.78, 5) is 36.9. The second kappa shape index (κ2) is 8.98. The van der Waals surface area contributed by atoms with Crippen LogP contribution < -0.4 is 10.2 Å². The maximum absolute atomic E-state index is 12.2. The third-order valence-electron chi connectivity index (χ3n) is 4.52. The summed E-state index contributed by atoms with van der Waals surface area (Å²) in [6.45, 7) is 1.39. The molecule has 146 valence electrons. The van der Waals surface area contributed by atoms with Gasteiger partial charge in [-0.15, -0.1) is 0 Å². The molecule has 0 atom stereocenters. The normalized spacial score (nSPS) is 13.2. The summed E-state index contributed by atoms with van der Waals surface area (Å²) in [7, 11) is 0. The number of amides is 1. The number of carbonyl (C=O) groups is 2. The molecule has 0 saturated carbocycles. The molecule has 3 rings (SSSR count). The number of nitro benzene ring substituents is 1. The van der Waals surface area contributed by atoms with Gasteiger partial charge in [-0.05, 0) is 30.5 Å². The predicted molar refractivity (Wildman–Crippen MR) is 103 cm³/mol. The van der Waals surface area contributed by atoms with Crippen LogP contribution in [0.1, 0.15) is 28.8 Å². The fourth-order valence-electron chi connectivity index (χ4n) is 3.08. The zero-order valence-corrected chi connectivity index (χ0v) is 15.3. The van der Waals surface area contributed by atoms with Crippen molar-refractivity contribution in [2.24, 2.45) is 0 Å². The number of anilines is 1. The molecule has 0 unspecified atom stereocenters. The van der Waals surface area contributed by atoms with Gasteiger partial charge in [0, 0.05) is 25.7 Å². The average Bonchev–Trinajstić information content (AvgIpc) is 3.25. The Labute approximate surface area is 162 Å². The van der Waals surface area contributed by atoms with Crippen LogP contribution in [-0.2, 0) is 16.1 Å². The summed E-state index contributed by atoms with van der Waals surface area (Å²) in [5, 5.41) is 14.1. The Bertz CT molecular complexity index is 863. The minimum Gasteiger partial charge on any atom is -0.452 e. The van der Waals surface area contributed by atoms with Crippen LogP contribution in [0.15, 0.2) is 48.5 Å². The van der Waals surface area contributed by atoms with Gasteiger partial charge in [0.05, 0.1) is 10.5 Å². The van der Waals surface area contributed by atoms with E-state index >= 15 is 0 Å². The van der Waals surface area contributed by atoms with Crippen LogP contribution in [0.5, 0.6) is 0 Å². The first-order chi connectivity index (χ1) is 13.5. The fourth-order valence-corrected chi connectivity index (χ4v) is 3.08. The van der Waals surface area contributed by atoms with Crippen molar-refractivity contribution in [2.45, 2.75) is 19.4 Å². The van der Waals surface area contributed by atoms with Gasteiger partial charge >= 0.3 is 5.97 Å². The first-order valence-electron chi connectivity index (χ1n) is 9.06. The molecule has 1 N–H and O–H groups in total. The van der Waals surface area contributed by atoms with Gasteiger partial charge in [0.1, 0.15) is 5.69 Å². The van der Waals surface area contributed by atoms with E-state index in [1.807, 2.05) is 35.2 Å². The lowest BCUT2D eigenvalue weighted by atomic mass is 10.1. The van der Waals surface area contributed by atoms with Gasteiger partial charge in [0.2, 0.25) is 0 Å².